The lowest BCUT2D eigenvalue weighted by atomic mass is 10.1. The summed E-state index contributed by atoms with van der Waals surface area (Å²) in [5, 5.41) is 6.64. The van der Waals surface area contributed by atoms with Gasteiger partial charge >= 0.3 is 0 Å². The highest BCUT2D eigenvalue weighted by molar-refractivity contribution is 14.0. The third-order valence-electron chi connectivity index (χ3n) is 3.98. The zero-order valence-corrected chi connectivity index (χ0v) is 19.2. The van der Waals surface area contributed by atoms with Gasteiger partial charge in [0.25, 0.3) is 0 Å². The van der Waals surface area contributed by atoms with Crippen LogP contribution in [0.25, 0.3) is 0 Å². The quantitative estimate of drug-likeness (QED) is 0.209. The van der Waals surface area contributed by atoms with Gasteiger partial charge in [-0.3, -0.25) is 4.99 Å². The second kappa shape index (κ2) is 16.2. The predicted molar refractivity (Wildman–Crippen MR) is 123 cm³/mol. The molecule has 2 N–H and O–H groups in total. The fourth-order valence-corrected chi connectivity index (χ4v) is 2.48. The molecule has 0 spiro atoms. The minimum Gasteiger partial charge on any atom is -0.492 e. The topological polar surface area (TPSA) is 48.9 Å². The number of unbranched alkanes of at least 4 members (excludes halogenated alkanes) is 4. The molecule has 0 aliphatic heterocycles. The monoisotopic (exact) mass is 476 g/mol. The van der Waals surface area contributed by atoms with E-state index in [4.69, 9.17) is 4.74 Å². The van der Waals surface area contributed by atoms with Crippen LogP contribution in [0.15, 0.2) is 29.3 Å². The summed E-state index contributed by atoms with van der Waals surface area (Å²) >= 11 is 0. The lowest BCUT2D eigenvalue weighted by Crippen LogP contribution is -2.39. The number of nitrogens with one attached hydrogen (secondary N) is 2. The summed E-state index contributed by atoms with van der Waals surface area (Å²) in [5.41, 5.74) is 1.24. The normalized spacial score (nSPS) is 11.2. The van der Waals surface area contributed by atoms with Crippen LogP contribution in [0.3, 0.4) is 0 Å². The van der Waals surface area contributed by atoms with Crippen LogP contribution >= 0.6 is 24.0 Å². The zero-order chi connectivity index (χ0) is 18.3. The van der Waals surface area contributed by atoms with Crippen molar-refractivity contribution >= 4 is 29.9 Å². The molecule has 0 atom stereocenters. The maximum atomic E-state index is 5.70. The molecule has 0 saturated heterocycles. The molecule has 0 bridgehead atoms. The Morgan fingerprint density at radius 1 is 0.962 bits per heavy atom. The number of guanidine groups is 1. The van der Waals surface area contributed by atoms with Crippen LogP contribution in [0, 0.1) is 6.92 Å². The van der Waals surface area contributed by atoms with Gasteiger partial charge in [-0.2, -0.15) is 0 Å². The van der Waals surface area contributed by atoms with Gasteiger partial charge in [0, 0.05) is 13.6 Å². The van der Waals surface area contributed by atoms with Gasteiger partial charge in [-0.25, -0.2) is 0 Å². The van der Waals surface area contributed by atoms with Crippen LogP contribution in [0.1, 0.15) is 37.7 Å². The van der Waals surface area contributed by atoms with Crippen LogP contribution in [0.2, 0.25) is 0 Å². The summed E-state index contributed by atoms with van der Waals surface area (Å²) in [6.45, 7) is 5.59. The van der Waals surface area contributed by atoms with Gasteiger partial charge in [-0.1, -0.05) is 37.0 Å². The molecule has 0 aromatic heterocycles. The lowest BCUT2D eigenvalue weighted by Gasteiger charge is -2.13. The van der Waals surface area contributed by atoms with Crippen molar-refractivity contribution in [2.45, 2.75) is 39.0 Å². The van der Waals surface area contributed by atoms with Gasteiger partial charge in [0.2, 0.25) is 0 Å². The summed E-state index contributed by atoms with van der Waals surface area (Å²) in [4.78, 5) is 6.49. The number of halogens is 1. The first-order valence-electron chi connectivity index (χ1n) is 9.40. The van der Waals surface area contributed by atoms with Crippen molar-refractivity contribution in [3.05, 3.63) is 29.8 Å². The number of hydrogen-bond acceptors (Lipinski definition) is 3. The molecular weight excluding hydrogens is 439 g/mol. The smallest absolute Gasteiger partial charge is 0.191 e. The summed E-state index contributed by atoms with van der Waals surface area (Å²) in [5.74, 6) is 1.75. The molecule has 0 aliphatic rings. The molecule has 0 radical (unpaired) electrons. The minimum absolute atomic E-state index is 0. The molecule has 0 aliphatic carbocycles. The van der Waals surface area contributed by atoms with E-state index < -0.39 is 0 Å². The fourth-order valence-electron chi connectivity index (χ4n) is 2.48. The van der Waals surface area contributed by atoms with Crippen molar-refractivity contribution in [3.63, 3.8) is 0 Å². The molecule has 0 unspecified atom stereocenters. The number of aliphatic imine (C=N–C) groups is 1. The molecule has 0 amide bonds. The summed E-state index contributed by atoms with van der Waals surface area (Å²) in [6.07, 6.45) is 6.38. The Morgan fingerprint density at radius 3 is 2.23 bits per heavy atom. The third-order valence-corrected chi connectivity index (χ3v) is 3.98. The van der Waals surface area contributed by atoms with Crippen molar-refractivity contribution in [1.29, 1.82) is 0 Å². The van der Waals surface area contributed by atoms with Gasteiger partial charge < -0.3 is 20.3 Å². The van der Waals surface area contributed by atoms with E-state index in [1.165, 1.54) is 44.2 Å². The molecule has 0 heterocycles. The van der Waals surface area contributed by atoms with Crippen LogP contribution in [-0.4, -0.2) is 58.2 Å². The van der Waals surface area contributed by atoms with Gasteiger partial charge in [0.15, 0.2) is 5.96 Å². The molecule has 1 rings (SSSR count). The first-order valence-corrected chi connectivity index (χ1v) is 9.40. The SMILES string of the molecule is CN=C(NCCCCCCCN(C)C)NCCOc1ccc(C)cc1.I. The molecule has 5 nitrogen and oxygen atoms in total. The Bertz CT molecular complexity index is 477. The van der Waals surface area contributed by atoms with Crippen molar-refractivity contribution in [2.75, 3.05) is 47.4 Å². The van der Waals surface area contributed by atoms with Crippen LogP contribution in [0.5, 0.6) is 5.75 Å². The van der Waals surface area contributed by atoms with E-state index in [0.29, 0.717) is 6.61 Å². The highest BCUT2D eigenvalue weighted by Gasteiger charge is 1.98. The third kappa shape index (κ3) is 13.2. The number of ether oxygens (including phenoxy) is 1. The lowest BCUT2D eigenvalue weighted by molar-refractivity contribution is 0.322. The Labute approximate surface area is 177 Å². The van der Waals surface area contributed by atoms with Crippen LogP contribution in [-0.2, 0) is 0 Å². The standard InChI is InChI=1S/C20H36N4O.HI/c1-18-10-12-19(13-11-18)25-17-15-23-20(21-2)22-14-8-6-5-7-9-16-24(3)4;/h10-13H,5-9,14-17H2,1-4H3,(H2,21,22,23);1H. The fraction of sp³-hybridized carbons (Fsp3) is 0.650. The molecule has 0 fully saturated rings. The van der Waals surface area contributed by atoms with Crippen LogP contribution in [0.4, 0.5) is 0 Å². The Balaban J connectivity index is 0.00000625. The van der Waals surface area contributed by atoms with E-state index in [2.05, 4.69) is 53.7 Å². The van der Waals surface area contributed by atoms with Crippen molar-refractivity contribution in [1.82, 2.24) is 15.5 Å². The van der Waals surface area contributed by atoms with E-state index in [-0.39, 0.29) is 24.0 Å². The molecule has 26 heavy (non-hydrogen) atoms. The Morgan fingerprint density at radius 2 is 1.58 bits per heavy atom. The minimum atomic E-state index is 0. The maximum absolute atomic E-state index is 5.70. The Kier molecular flexibility index (Phi) is 15.5. The van der Waals surface area contributed by atoms with Gasteiger partial charge in [-0.15, -0.1) is 24.0 Å². The first-order chi connectivity index (χ1) is 12.1. The number of benzene rings is 1. The van der Waals surface area contributed by atoms with Crippen molar-refractivity contribution in [2.24, 2.45) is 4.99 Å². The average Bonchev–Trinajstić information content (AvgIpc) is 2.60. The van der Waals surface area contributed by atoms with E-state index >= 15 is 0 Å². The molecule has 150 valence electrons. The molecular formula is C20H37IN4O. The predicted octanol–water partition coefficient (Wildman–Crippen LogP) is 3.67. The highest BCUT2D eigenvalue weighted by atomic mass is 127. The molecule has 0 saturated carbocycles. The maximum Gasteiger partial charge on any atom is 0.191 e. The molecule has 1 aromatic carbocycles. The number of rotatable bonds is 12. The van der Waals surface area contributed by atoms with Gasteiger partial charge in [-0.05, 0) is 52.5 Å². The van der Waals surface area contributed by atoms with Crippen molar-refractivity contribution in [3.8, 4) is 5.75 Å². The second-order valence-corrected chi connectivity index (χ2v) is 6.66. The van der Waals surface area contributed by atoms with Crippen molar-refractivity contribution < 1.29 is 4.74 Å². The average molecular weight is 476 g/mol. The van der Waals surface area contributed by atoms with Gasteiger partial charge in [0.1, 0.15) is 12.4 Å². The summed E-state index contributed by atoms with van der Waals surface area (Å²) in [7, 11) is 6.07. The van der Waals surface area contributed by atoms with E-state index in [1.54, 1.807) is 7.05 Å². The molecule has 1 aromatic rings. The van der Waals surface area contributed by atoms with E-state index in [9.17, 15) is 0 Å². The number of hydrogen-bond donors (Lipinski definition) is 2. The Hall–Kier alpha value is -1.02. The van der Waals surface area contributed by atoms with E-state index in [1.807, 2.05) is 12.1 Å². The number of aryl methyl sites for hydroxylation is 1. The second-order valence-electron chi connectivity index (χ2n) is 6.66. The number of nitrogens with zero attached hydrogens (tertiary/aromatic N) is 2. The van der Waals surface area contributed by atoms with Crippen LogP contribution < -0.4 is 15.4 Å². The first kappa shape index (κ1) is 25.0. The largest absolute Gasteiger partial charge is 0.492 e. The van der Waals surface area contributed by atoms with E-state index in [0.717, 1.165) is 24.8 Å². The molecule has 6 heteroatoms. The highest BCUT2D eigenvalue weighted by Crippen LogP contribution is 2.10. The summed E-state index contributed by atoms with van der Waals surface area (Å²) < 4.78 is 5.70. The van der Waals surface area contributed by atoms with Gasteiger partial charge in [0.05, 0.1) is 6.54 Å². The zero-order valence-electron chi connectivity index (χ0n) is 16.9. The summed E-state index contributed by atoms with van der Waals surface area (Å²) in [6, 6.07) is 8.12.